The summed E-state index contributed by atoms with van der Waals surface area (Å²) in [7, 11) is 0. The molecule has 16 heavy (non-hydrogen) atoms. The summed E-state index contributed by atoms with van der Waals surface area (Å²) in [4.78, 5) is 25.1. The van der Waals surface area contributed by atoms with Crippen LogP contribution >= 0.6 is 11.6 Å². The summed E-state index contributed by atoms with van der Waals surface area (Å²) in [5.41, 5.74) is -0.962. The fourth-order valence-corrected chi connectivity index (χ4v) is 1.96. The highest BCUT2D eigenvalue weighted by atomic mass is 35.5. The quantitative estimate of drug-likeness (QED) is 0.400. The number of hydrogen-bond donors (Lipinski definition) is 0. The Hall–Kier alpha value is -1.12. The second kappa shape index (κ2) is 4.40. The van der Waals surface area contributed by atoms with Gasteiger partial charge in [0.2, 0.25) is 0 Å². The van der Waals surface area contributed by atoms with Crippen LogP contribution in [0.1, 0.15) is 0 Å². The zero-order valence-corrected chi connectivity index (χ0v) is 8.66. The lowest BCUT2D eigenvalue weighted by molar-refractivity contribution is -0.769. The molecule has 0 bridgehead atoms. The van der Waals surface area contributed by atoms with Gasteiger partial charge in [-0.1, -0.05) is 0 Å². The molecule has 0 radical (unpaired) electrons. The summed E-state index contributed by atoms with van der Waals surface area (Å²) in [6.07, 6.45) is -2.60. The third-order valence-electron chi connectivity index (χ3n) is 2.43. The molecular weight excluding hydrogens is 246 g/mol. The van der Waals surface area contributed by atoms with Crippen molar-refractivity contribution in [3.63, 3.8) is 0 Å². The highest BCUT2D eigenvalue weighted by Crippen LogP contribution is 2.30. The molecule has 2 aliphatic rings. The van der Waals surface area contributed by atoms with Crippen molar-refractivity contribution in [2.45, 2.75) is 24.4 Å². The first-order valence-corrected chi connectivity index (χ1v) is 4.86. The van der Waals surface area contributed by atoms with Gasteiger partial charge in [-0.05, 0) is 0 Å². The topological polar surface area (TPSA) is 97.1 Å². The number of carbonyl (C=O) groups is 1. The minimum Gasteiger partial charge on any atom is -0.445 e. The van der Waals surface area contributed by atoms with Crippen LogP contribution < -0.4 is 0 Å². The smallest absolute Gasteiger partial charge is 0.404 e. The van der Waals surface area contributed by atoms with E-state index in [2.05, 4.69) is 4.84 Å². The van der Waals surface area contributed by atoms with E-state index in [0.29, 0.717) is 0 Å². The molecule has 0 aromatic carbocycles. The highest BCUT2D eigenvalue weighted by molar-refractivity contribution is 6.61. The third-order valence-corrected chi connectivity index (χ3v) is 2.52. The van der Waals surface area contributed by atoms with Gasteiger partial charge in [0.25, 0.3) is 5.09 Å². The van der Waals surface area contributed by atoms with Crippen LogP contribution in [0.4, 0.5) is 4.79 Å². The number of ether oxygens (including phenoxy) is 3. The molecule has 2 fully saturated rings. The number of nitrogens with zero attached hydrogens (tertiary/aromatic N) is 1. The van der Waals surface area contributed by atoms with Crippen molar-refractivity contribution in [3.05, 3.63) is 10.1 Å². The lowest BCUT2D eigenvalue weighted by atomic mass is 10.1. The number of halogens is 1. The molecule has 0 aliphatic carbocycles. The fraction of sp³-hybridized carbons (Fsp3) is 0.857. The summed E-state index contributed by atoms with van der Waals surface area (Å²) in [5.74, 6) is 0. The van der Waals surface area contributed by atoms with Gasteiger partial charge >= 0.3 is 5.43 Å². The van der Waals surface area contributed by atoms with Crippen molar-refractivity contribution >= 4 is 17.0 Å². The van der Waals surface area contributed by atoms with E-state index in [1.807, 2.05) is 0 Å². The predicted molar refractivity (Wildman–Crippen MR) is 47.5 cm³/mol. The largest absolute Gasteiger partial charge is 0.445 e. The molecule has 9 heteroatoms. The summed E-state index contributed by atoms with van der Waals surface area (Å²) in [6, 6.07) is 0. The lowest BCUT2D eigenvalue weighted by Crippen LogP contribution is -2.35. The van der Waals surface area contributed by atoms with E-state index in [9.17, 15) is 14.9 Å². The van der Waals surface area contributed by atoms with Gasteiger partial charge in [-0.25, -0.2) is 4.79 Å². The van der Waals surface area contributed by atoms with Crippen molar-refractivity contribution in [3.8, 4) is 0 Å². The first-order valence-electron chi connectivity index (χ1n) is 4.48. The molecule has 0 aromatic heterocycles. The number of carbonyl (C=O) groups excluding carboxylic acids is 1. The van der Waals surface area contributed by atoms with Crippen LogP contribution in [0.25, 0.3) is 0 Å². The number of fused-ring (bicyclic) bond motifs is 1. The molecule has 2 heterocycles. The van der Waals surface area contributed by atoms with Crippen molar-refractivity contribution < 1.29 is 28.9 Å². The maximum absolute atomic E-state index is 10.5. The molecule has 0 amide bonds. The van der Waals surface area contributed by atoms with Gasteiger partial charge in [-0.3, -0.25) is 0 Å². The van der Waals surface area contributed by atoms with Crippen molar-refractivity contribution in [2.24, 2.45) is 0 Å². The Labute approximate surface area is 94.4 Å². The van der Waals surface area contributed by atoms with Gasteiger partial charge in [-0.15, -0.1) is 10.1 Å². The lowest BCUT2D eigenvalue weighted by Gasteiger charge is -2.14. The van der Waals surface area contributed by atoms with E-state index in [1.165, 1.54) is 0 Å². The van der Waals surface area contributed by atoms with E-state index in [4.69, 9.17) is 25.8 Å². The molecule has 0 N–H and O–H groups in total. The Balaban J connectivity index is 1.95. The van der Waals surface area contributed by atoms with Crippen LogP contribution in [0, 0.1) is 10.1 Å². The van der Waals surface area contributed by atoms with Crippen LogP contribution in [0.3, 0.4) is 0 Å². The van der Waals surface area contributed by atoms with Crippen molar-refractivity contribution in [2.75, 3.05) is 13.2 Å². The summed E-state index contributed by atoms with van der Waals surface area (Å²) in [6.45, 7) is 0.109. The molecular formula is C7H8ClNO7. The number of rotatable bonds is 3. The predicted octanol–water partition coefficient (Wildman–Crippen LogP) is 0.105. The first-order chi connectivity index (χ1) is 7.58. The summed E-state index contributed by atoms with van der Waals surface area (Å²) >= 11 is 5.06. The van der Waals surface area contributed by atoms with Crippen molar-refractivity contribution in [1.82, 2.24) is 0 Å². The zero-order chi connectivity index (χ0) is 11.7. The van der Waals surface area contributed by atoms with Gasteiger partial charge in [0.1, 0.15) is 12.2 Å². The van der Waals surface area contributed by atoms with Crippen LogP contribution in [0.5, 0.6) is 0 Å². The van der Waals surface area contributed by atoms with Crippen LogP contribution in [-0.2, 0) is 19.0 Å². The monoisotopic (exact) mass is 253 g/mol. The summed E-state index contributed by atoms with van der Waals surface area (Å²) < 4.78 is 15.2. The fourth-order valence-electron chi connectivity index (χ4n) is 1.85. The Morgan fingerprint density at radius 1 is 1.31 bits per heavy atom. The minimum atomic E-state index is -0.962. The molecule has 0 unspecified atom stereocenters. The molecule has 2 rings (SSSR count). The summed E-state index contributed by atoms with van der Waals surface area (Å²) in [5, 5.41) is 9.27. The third kappa shape index (κ3) is 2.18. The van der Waals surface area contributed by atoms with Gasteiger partial charge in [0.15, 0.2) is 12.2 Å². The average Bonchev–Trinajstić information content (AvgIpc) is 2.70. The Morgan fingerprint density at radius 3 is 2.44 bits per heavy atom. The van der Waals surface area contributed by atoms with Gasteiger partial charge in [0, 0.05) is 11.6 Å². The maximum atomic E-state index is 10.5. The average molecular weight is 254 g/mol. The van der Waals surface area contributed by atoms with E-state index < -0.39 is 34.9 Å². The van der Waals surface area contributed by atoms with E-state index in [0.717, 1.165) is 0 Å². The van der Waals surface area contributed by atoms with E-state index in [1.54, 1.807) is 0 Å². The van der Waals surface area contributed by atoms with Crippen molar-refractivity contribution in [1.29, 1.82) is 0 Å². The SMILES string of the molecule is O=C(Cl)O[C@@H]1CO[C@H]2[C@@H]1OC[C@H]2O[N+](=O)[O-]. The zero-order valence-electron chi connectivity index (χ0n) is 7.91. The molecule has 0 aromatic rings. The Kier molecular flexibility index (Phi) is 3.13. The second-order valence-corrected chi connectivity index (χ2v) is 3.67. The molecule has 0 saturated carbocycles. The van der Waals surface area contributed by atoms with Gasteiger partial charge in [-0.2, -0.15) is 0 Å². The van der Waals surface area contributed by atoms with Gasteiger partial charge in [0.05, 0.1) is 13.2 Å². The Bertz CT molecular complexity index is 281. The van der Waals surface area contributed by atoms with E-state index in [-0.39, 0.29) is 13.2 Å². The highest BCUT2D eigenvalue weighted by Gasteiger charge is 2.51. The maximum Gasteiger partial charge on any atom is 0.404 e. The second-order valence-electron chi connectivity index (χ2n) is 3.36. The van der Waals surface area contributed by atoms with Gasteiger partial charge < -0.3 is 19.0 Å². The van der Waals surface area contributed by atoms with Crippen LogP contribution in [-0.4, -0.2) is 48.1 Å². The normalized spacial score (nSPS) is 36.8. The molecule has 4 atom stereocenters. The molecule has 0 spiro atoms. The Morgan fingerprint density at radius 2 is 1.88 bits per heavy atom. The minimum absolute atomic E-state index is 0.0205. The molecule has 2 saturated heterocycles. The standard InChI is InChI=1S/C7H8ClNO7/c8-7(10)15-3-1-13-6-4(16-9(11)12)2-14-5(3)6/h3-6H,1-2H2/t3-,4-,5-,6-/m1/s1. The molecule has 8 nitrogen and oxygen atoms in total. The van der Waals surface area contributed by atoms with E-state index >= 15 is 0 Å². The first kappa shape index (κ1) is 11.4. The molecule has 2 aliphatic heterocycles. The number of hydrogen-bond acceptors (Lipinski definition) is 7. The molecule has 90 valence electrons. The van der Waals surface area contributed by atoms with Crippen LogP contribution in [0.15, 0.2) is 0 Å². The van der Waals surface area contributed by atoms with Crippen LogP contribution in [0.2, 0.25) is 0 Å².